The first-order valence-electron chi connectivity index (χ1n) is 5.89. The van der Waals surface area contributed by atoms with E-state index < -0.39 is 0 Å². The zero-order valence-electron chi connectivity index (χ0n) is 10.6. The SMILES string of the molecule is CC(C)NCC(Oc1cccnc1)C(C)C. The second-order valence-corrected chi connectivity index (χ2v) is 4.65. The molecule has 0 saturated heterocycles. The summed E-state index contributed by atoms with van der Waals surface area (Å²) in [5.41, 5.74) is 0. The molecule has 90 valence electrons. The van der Waals surface area contributed by atoms with Crippen LogP contribution < -0.4 is 10.1 Å². The van der Waals surface area contributed by atoms with Crippen molar-refractivity contribution in [3.8, 4) is 5.75 Å². The molecule has 1 rings (SSSR count). The second kappa shape index (κ2) is 6.48. The van der Waals surface area contributed by atoms with Crippen LogP contribution in [0.1, 0.15) is 27.7 Å². The van der Waals surface area contributed by atoms with Crippen molar-refractivity contribution in [3.63, 3.8) is 0 Å². The Labute approximate surface area is 98.2 Å². The third-order valence-corrected chi connectivity index (χ3v) is 2.39. The molecule has 1 aromatic rings. The zero-order valence-corrected chi connectivity index (χ0v) is 10.6. The predicted molar refractivity (Wildman–Crippen MR) is 66.6 cm³/mol. The van der Waals surface area contributed by atoms with Gasteiger partial charge in [-0.2, -0.15) is 0 Å². The fourth-order valence-corrected chi connectivity index (χ4v) is 1.36. The largest absolute Gasteiger partial charge is 0.487 e. The van der Waals surface area contributed by atoms with Crippen LogP contribution in [0, 0.1) is 5.92 Å². The zero-order chi connectivity index (χ0) is 12.0. The number of ether oxygens (including phenoxy) is 1. The van der Waals surface area contributed by atoms with Gasteiger partial charge < -0.3 is 10.1 Å². The summed E-state index contributed by atoms with van der Waals surface area (Å²) < 4.78 is 5.90. The van der Waals surface area contributed by atoms with Crippen LogP contribution in [-0.4, -0.2) is 23.7 Å². The van der Waals surface area contributed by atoms with Gasteiger partial charge in [0.1, 0.15) is 11.9 Å². The first-order valence-corrected chi connectivity index (χ1v) is 5.89. The standard InChI is InChI=1S/C13H22N2O/c1-10(2)13(9-15-11(3)4)16-12-6-5-7-14-8-12/h5-8,10-11,13,15H,9H2,1-4H3. The number of hydrogen-bond donors (Lipinski definition) is 1. The van der Waals surface area contributed by atoms with E-state index in [2.05, 4.69) is 38.0 Å². The summed E-state index contributed by atoms with van der Waals surface area (Å²) >= 11 is 0. The lowest BCUT2D eigenvalue weighted by atomic mass is 10.1. The van der Waals surface area contributed by atoms with Crippen LogP contribution in [0.3, 0.4) is 0 Å². The van der Waals surface area contributed by atoms with Gasteiger partial charge in [0.05, 0.1) is 6.20 Å². The lowest BCUT2D eigenvalue weighted by Crippen LogP contribution is -2.38. The van der Waals surface area contributed by atoms with Gasteiger partial charge in [-0.3, -0.25) is 4.98 Å². The van der Waals surface area contributed by atoms with Crippen LogP contribution in [-0.2, 0) is 0 Å². The van der Waals surface area contributed by atoms with E-state index >= 15 is 0 Å². The van der Waals surface area contributed by atoms with Gasteiger partial charge in [-0.15, -0.1) is 0 Å². The summed E-state index contributed by atoms with van der Waals surface area (Å²) in [4.78, 5) is 4.05. The summed E-state index contributed by atoms with van der Waals surface area (Å²) in [7, 11) is 0. The second-order valence-electron chi connectivity index (χ2n) is 4.65. The molecule has 1 unspecified atom stereocenters. The van der Waals surface area contributed by atoms with Crippen molar-refractivity contribution in [2.24, 2.45) is 5.92 Å². The van der Waals surface area contributed by atoms with Crippen molar-refractivity contribution in [1.29, 1.82) is 0 Å². The van der Waals surface area contributed by atoms with Gasteiger partial charge >= 0.3 is 0 Å². The molecule has 1 atom stereocenters. The number of rotatable bonds is 6. The van der Waals surface area contributed by atoms with Crippen LogP contribution in [0.15, 0.2) is 24.5 Å². The van der Waals surface area contributed by atoms with E-state index in [0.29, 0.717) is 12.0 Å². The molecule has 0 amide bonds. The number of hydrogen-bond acceptors (Lipinski definition) is 3. The average molecular weight is 222 g/mol. The molecular formula is C13H22N2O. The Morgan fingerprint density at radius 3 is 2.56 bits per heavy atom. The number of aromatic nitrogens is 1. The maximum Gasteiger partial charge on any atom is 0.138 e. The topological polar surface area (TPSA) is 34.1 Å². The molecule has 1 N–H and O–H groups in total. The Morgan fingerprint density at radius 1 is 1.31 bits per heavy atom. The van der Waals surface area contributed by atoms with Crippen LogP contribution >= 0.6 is 0 Å². The van der Waals surface area contributed by atoms with Crippen LogP contribution in [0.25, 0.3) is 0 Å². The van der Waals surface area contributed by atoms with Crippen molar-refractivity contribution >= 4 is 0 Å². The molecule has 0 aliphatic carbocycles. The highest BCUT2D eigenvalue weighted by Gasteiger charge is 2.15. The molecule has 0 aliphatic heterocycles. The van der Waals surface area contributed by atoms with Crippen molar-refractivity contribution < 1.29 is 4.74 Å². The molecule has 0 radical (unpaired) electrons. The molecule has 0 aromatic carbocycles. The van der Waals surface area contributed by atoms with Gasteiger partial charge in [-0.05, 0) is 18.1 Å². The molecule has 0 aliphatic rings. The summed E-state index contributed by atoms with van der Waals surface area (Å²) in [5.74, 6) is 1.32. The van der Waals surface area contributed by atoms with Crippen molar-refractivity contribution in [2.45, 2.75) is 39.8 Å². The fraction of sp³-hybridized carbons (Fsp3) is 0.615. The Morgan fingerprint density at radius 2 is 2.06 bits per heavy atom. The first-order chi connectivity index (χ1) is 7.59. The predicted octanol–water partition coefficient (Wildman–Crippen LogP) is 2.48. The van der Waals surface area contributed by atoms with Gasteiger partial charge in [0, 0.05) is 18.8 Å². The molecule has 16 heavy (non-hydrogen) atoms. The fourth-order valence-electron chi connectivity index (χ4n) is 1.36. The van der Waals surface area contributed by atoms with Crippen LogP contribution in [0.2, 0.25) is 0 Å². The summed E-state index contributed by atoms with van der Waals surface area (Å²) in [6.07, 6.45) is 3.69. The minimum Gasteiger partial charge on any atom is -0.487 e. The lowest BCUT2D eigenvalue weighted by molar-refractivity contribution is 0.146. The smallest absolute Gasteiger partial charge is 0.138 e. The van der Waals surface area contributed by atoms with Gasteiger partial charge in [0.15, 0.2) is 0 Å². The quantitative estimate of drug-likeness (QED) is 0.803. The Balaban J connectivity index is 2.51. The Bertz CT molecular complexity index is 285. The highest BCUT2D eigenvalue weighted by Crippen LogP contribution is 2.13. The summed E-state index contributed by atoms with van der Waals surface area (Å²) in [6.45, 7) is 9.49. The minimum absolute atomic E-state index is 0.187. The molecule has 3 heteroatoms. The maximum absolute atomic E-state index is 5.90. The number of nitrogens with zero attached hydrogens (tertiary/aromatic N) is 1. The van der Waals surface area contributed by atoms with E-state index in [9.17, 15) is 0 Å². The molecule has 0 bridgehead atoms. The third kappa shape index (κ3) is 4.62. The highest BCUT2D eigenvalue weighted by molar-refractivity contribution is 5.15. The van der Waals surface area contributed by atoms with Crippen LogP contribution in [0.5, 0.6) is 5.75 Å². The molecule has 1 heterocycles. The van der Waals surface area contributed by atoms with Crippen LogP contribution in [0.4, 0.5) is 0 Å². The van der Waals surface area contributed by atoms with E-state index in [1.165, 1.54) is 0 Å². The molecule has 3 nitrogen and oxygen atoms in total. The first kappa shape index (κ1) is 13.0. The lowest BCUT2D eigenvalue weighted by Gasteiger charge is -2.23. The van der Waals surface area contributed by atoms with Gasteiger partial charge in [0.2, 0.25) is 0 Å². The minimum atomic E-state index is 0.187. The average Bonchev–Trinajstić information content (AvgIpc) is 2.25. The molecule has 0 spiro atoms. The molecule has 0 saturated carbocycles. The van der Waals surface area contributed by atoms with Gasteiger partial charge in [-0.25, -0.2) is 0 Å². The van der Waals surface area contributed by atoms with E-state index in [1.54, 1.807) is 12.4 Å². The van der Waals surface area contributed by atoms with Crippen molar-refractivity contribution in [2.75, 3.05) is 6.54 Å². The number of pyridine rings is 1. The monoisotopic (exact) mass is 222 g/mol. The third-order valence-electron chi connectivity index (χ3n) is 2.39. The maximum atomic E-state index is 5.90. The van der Waals surface area contributed by atoms with Gasteiger partial charge in [-0.1, -0.05) is 27.7 Å². The normalized spacial score (nSPS) is 13.1. The van der Waals surface area contributed by atoms with E-state index in [0.717, 1.165) is 12.3 Å². The molecule has 0 fully saturated rings. The summed E-state index contributed by atoms with van der Waals surface area (Å²) in [6, 6.07) is 4.32. The van der Waals surface area contributed by atoms with E-state index in [1.807, 2.05) is 12.1 Å². The highest BCUT2D eigenvalue weighted by atomic mass is 16.5. The molecular weight excluding hydrogens is 200 g/mol. The summed E-state index contributed by atoms with van der Waals surface area (Å²) in [5, 5.41) is 3.40. The van der Waals surface area contributed by atoms with Crippen molar-refractivity contribution in [1.82, 2.24) is 10.3 Å². The van der Waals surface area contributed by atoms with Gasteiger partial charge in [0.25, 0.3) is 0 Å². The molecule has 1 aromatic heterocycles. The Hall–Kier alpha value is -1.09. The number of nitrogens with one attached hydrogen (secondary N) is 1. The van der Waals surface area contributed by atoms with E-state index in [-0.39, 0.29) is 6.10 Å². The van der Waals surface area contributed by atoms with Crippen molar-refractivity contribution in [3.05, 3.63) is 24.5 Å². The van der Waals surface area contributed by atoms with E-state index in [4.69, 9.17) is 4.74 Å². The Kier molecular flexibility index (Phi) is 5.26.